The van der Waals surface area contributed by atoms with Gasteiger partial charge in [-0.2, -0.15) is 0 Å². The number of hydrogen-bond acceptors (Lipinski definition) is 3. The maximum Gasteiger partial charge on any atom is 0.255 e. The van der Waals surface area contributed by atoms with Crippen molar-refractivity contribution in [2.24, 2.45) is 0 Å². The second-order valence-electron chi connectivity index (χ2n) is 4.71. The molecule has 2 rings (SSSR count). The van der Waals surface area contributed by atoms with Gasteiger partial charge >= 0.3 is 0 Å². The molecule has 0 atom stereocenters. The smallest absolute Gasteiger partial charge is 0.255 e. The van der Waals surface area contributed by atoms with E-state index in [-0.39, 0.29) is 5.91 Å². The topological polar surface area (TPSA) is 59.2 Å². The number of nitrogen functional groups attached to an aromatic ring is 1. The van der Waals surface area contributed by atoms with Crippen molar-refractivity contribution in [3.63, 3.8) is 0 Å². The monoisotopic (exact) mass is 269 g/mol. The number of aryl methyl sites for hydroxylation is 1. The van der Waals surface area contributed by atoms with E-state index in [0.29, 0.717) is 24.3 Å². The van der Waals surface area contributed by atoms with E-state index < -0.39 is 0 Å². The summed E-state index contributed by atoms with van der Waals surface area (Å²) in [7, 11) is 0. The highest BCUT2D eigenvalue weighted by atomic mass is 16.2. The van der Waals surface area contributed by atoms with Gasteiger partial charge in [-0.15, -0.1) is 0 Å². The highest BCUT2D eigenvalue weighted by molar-refractivity contribution is 5.93. The number of aromatic nitrogens is 1. The fourth-order valence-corrected chi connectivity index (χ4v) is 1.99. The Morgan fingerprint density at radius 2 is 2.00 bits per heavy atom. The molecule has 4 heteroatoms. The number of hydrogen-bond donors (Lipinski definition) is 1. The van der Waals surface area contributed by atoms with E-state index in [2.05, 4.69) is 4.98 Å². The Morgan fingerprint density at radius 3 is 2.60 bits per heavy atom. The number of carbonyl (C=O) groups is 1. The maximum atomic E-state index is 12.4. The number of nitrogens with two attached hydrogens (primary N) is 1. The van der Waals surface area contributed by atoms with Crippen LogP contribution in [0.25, 0.3) is 0 Å². The molecular weight excluding hydrogens is 250 g/mol. The van der Waals surface area contributed by atoms with Crippen LogP contribution in [0.4, 0.5) is 5.69 Å². The first-order valence-electron chi connectivity index (χ1n) is 6.67. The first-order valence-corrected chi connectivity index (χ1v) is 6.67. The van der Waals surface area contributed by atoms with Crippen molar-refractivity contribution < 1.29 is 4.79 Å². The Bertz CT molecular complexity index is 593. The van der Waals surface area contributed by atoms with Crippen molar-refractivity contribution in [2.75, 3.05) is 12.3 Å². The van der Waals surface area contributed by atoms with Crippen LogP contribution in [0, 0.1) is 6.92 Å². The van der Waals surface area contributed by atoms with Crippen LogP contribution >= 0.6 is 0 Å². The minimum absolute atomic E-state index is 0.0248. The Morgan fingerprint density at radius 1 is 1.25 bits per heavy atom. The average molecular weight is 269 g/mol. The molecule has 2 aromatic rings. The lowest BCUT2D eigenvalue weighted by Gasteiger charge is -2.21. The third-order valence-corrected chi connectivity index (χ3v) is 3.24. The first-order chi connectivity index (χ1) is 9.61. The van der Waals surface area contributed by atoms with Gasteiger partial charge < -0.3 is 10.6 Å². The number of benzene rings is 1. The molecule has 0 saturated carbocycles. The Hall–Kier alpha value is -2.36. The molecule has 0 saturated heterocycles. The van der Waals surface area contributed by atoms with E-state index in [1.165, 1.54) is 0 Å². The lowest BCUT2D eigenvalue weighted by atomic mass is 10.1. The molecule has 0 fully saturated rings. The molecular formula is C16H19N3O. The molecule has 0 bridgehead atoms. The van der Waals surface area contributed by atoms with Gasteiger partial charge in [-0.3, -0.25) is 9.78 Å². The third kappa shape index (κ3) is 3.15. The molecule has 1 heterocycles. The molecule has 1 aromatic heterocycles. The lowest BCUT2D eigenvalue weighted by Crippen LogP contribution is -2.30. The summed E-state index contributed by atoms with van der Waals surface area (Å²) in [5.74, 6) is -0.0248. The van der Waals surface area contributed by atoms with Crippen LogP contribution < -0.4 is 5.73 Å². The number of para-hydroxylation sites is 1. The first kappa shape index (κ1) is 14.1. The maximum absolute atomic E-state index is 12.4. The highest BCUT2D eigenvalue weighted by Gasteiger charge is 2.15. The Balaban J connectivity index is 2.18. The van der Waals surface area contributed by atoms with Crippen LogP contribution in [0.5, 0.6) is 0 Å². The van der Waals surface area contributed by atoms with Crippen molar-refractivity contribution in [1.29, 1.82) is 0 Å². The van der Waals surface area contributed by atoms with Gasteiger partial charge in [0.1, 0.15) is 0 Å². The summed E-state index contributed by atoms with van der Waals surface area (Å²) in [6.45, 7) is 4.99. The van der Waals surface area contributed by atoms with E-state index >= 15 is 0 Å². The largest absolute Gasteiger partial charge is 0.398 e. The molecule has 4 nitrogen and oxygen atoms in total. The molecule has 0 spiro atoms. The van der Waals surface area contributed by atoms with Crippen molar-refractivity contribution in [3.05, 3.63) is 59.4 Å². The number of pyridine rings is 1. The number of amides is 1. The van der Waals surface area contributed by atoms with Gasteiger partial charge in [0.2, 0.25) is 0 Å². The molecule has 104 valence electrons. The minimum atomic E-state index is -0.0248. The minimum Gasteiger partial charge on any atom is -0.398 e. The number of nitrogens with zero attached hydrogens (tertiary/aromatic N) is 2. The lowest BCUT2D eigenvalue weighted by molar-refractivity contribution is 0.0752. The van der Waals surface area contributed by atoms with Crippen molar-refractivity contribution in [1.82, 2.24) is 9.88 Å². The predicted molar refractivity (Wildman–Crippen MR) is 80.2 cm³/mol. The third-order valence-electron chi connectivity index (χ3n) is 3.24. The van der Waals surface area contributed by atoms with Crippen LogP contribution in [0.15, 0.2) is 42.6 Å². The summed E-state index contributed by atoms with van der Waals surface area (Å²) in [6, 6.07) is 11.3. The van der Waals surface area contributed by atoms with E-state index in [9.17, 15) is 4.79 Å². The van der Waals surface area contributed by atoms with Gasteiger partial charge in [0.15, 0.2) is 0 Å². The average Bonchev–Trinajstić information content (AvgIpc) is 2.46. The van der Waals surface area contributed by atoms with Gasteiger partial charge in [0, 0.05) is 30.7 Å². The van der Waals surface area contributed by atoms with Crippen molar-refractivity contribution >= 4 is 11.6 Å². The van der Waals surface area contributed by atoms with Crippen LogP contribution in [0.3, 0.4) is 0 Å². The van der Waals surface area contributed by atoms with E-state index in [1.807, 2.05) is 50.2 Å². The molecule has 20 heavy (non-hydrogen) atoms. The molecule has 1 aromatic carbocycles. The van der Waals surface area contributed by atoms with Gasteiger partial charge in [-0.05, 0) is 37.6 Å². The van der Waals surface area contributed by atoms with Crippen LogP contribution in [0.2, 0.25) is 0 Å². The molecule has 0 aliphatic heterocycles. The molecule has 2 N–H and O–H groups in total. The molecule has 1 amide bonds. The standard InChI is InChI=1S/C16H19N3O/c1-3-19(11-14-6-4-5-7-15(14)17)16(20)13-9-8-12(2)18-10-13/h4-10H,3,11,17H2,1-2H3. The predicted octanol–water partition coefficient (Wildman–Crippen LogP) is 2.63. The zero-order valence-electron chi connectivity index (χ0n) is 11.8. The fourth-order valence-electron chi connectivity index (χ4n) is 1.99. The summed E-state index contributed by atoms with van der Waals surface area (Å²) in [5, 5.41) is 0. The normalized spacial score (nSPS) is 10.3. The molecule has 0 aliphatic carbocycles. The second kappa shape index (κ2) is 6.19. The van der Waals surface area contributed by atoms with Crippen LogP contribution in [0.1, 0.15) is 28.5 Å². The Kier molecular flexibility index (Phi) is 4.35. The van der Waals surface area contributed by atoms with Gasteiger partial charge in [0.05, 0.1) is 5.56 Å². The van der Waals surface area contributed by atoms with Crippen LogP contribution in [-0.4, -0.2) is 22.3 Å². The summed E-state index contributed by atoms with van der Waals surface area (Å²) in [4.78, 5) is 18.4. The zero-order chi connectivity index (χ0) is 14.5. The summed E-state index contributed by atoms with van der Waals surface area (Å²) in [6.07, 6.45) is 1.62. The number of carbonyl (C=O) groups excluding carboxylic acids is 1. The zero-order valence-corrected chi connectivity index (χ0v) is 11.8. The van der Waals surface area contributed by atoms with Crippen molar-refractivity contribution in [2.45, 2.75) is 20.4 Å². The van der Waals surface area contributed by atoms with Gasteiger partial charge in [-0.25, -0.2) is 0 Å². The quantitative estimate of drug-likeness (QED) is 0.868. The fraction of sp³-hybridized carbons (Fsp3) is 0.250. The van der Waals surface area contributed by atoms with Crippen molar-refractivity contribution in [3.8, 4) is 0 Å². The number of rotatable bonds is 4. The number of anilines is 1. The van der Waals surface area contributed by atoms with E-state index in [4.69, 9.17) is 5.73 Å². The van der Waals surface area contributed by atoms with Crippen LogP contribution in [-0.2, 0) is 6.54 Å². The van der Waals surface area contributed by atoms with Gasteiger partial charge in [-0.1, -0.05) is 18.2 Å². The van der Waals surface area contributed by atoms with Gasteiger partial charge in [0.25, 0.3) is 5.91 Å². The van der Waals surface area contributed by atoms with E-state index in [1.54, 1.807) is 11.1 Å². The molecule has 0 unspecified atom stereocenters. The Labute approximate surface area is 119 Å². The molecule has 0 aliphatic rings. The summed E-state index contributed by atoms with van der Waals surface area (Å²) >= 11 is 0. The second-order valence-corrected chi connectivity index (χ2v) is 4.71. The molecule has 0 radical (unpaired) electrons. The summed E-state index contributed by atoms with van der Waals surface area (Å²) < 4.78 is 0. The summed E-state index contributed by atoms with van der Waals surface area (Å²) in [5.41, 5.74) is 9.11. The SMILES string of the molecule is CCN(Cc1ccccc1N)C(=O)c1ccc(C)nc1. The highest BCUT2D eigenvalue weighted by Crippen LogP contribution is 2.15. The van der Waals surface area contributed by atoms with E-state index in [0.717, 1.165) is 11.3 Å².